The monoisotopic (exact) mass is 326 g/mol. The van der Waals surface area contributed by atoms with Gasteiger partial charge in [0.15, 0.2) is 5.17 Å². The molecule has 0 bridgehead atoms. The topological polar surface area (TPSA) is 70.9 Å². The zero-order valence-corrected chi connectivity index (χ0v) is 13.1. The van der Waals surface area contributed by atoms with Crippen LogP contribution in [0.15, 0.2) is 58.4 Å². The molecule has 1 amide bonds. The predicted molar refractivity (Wildman–Crippen MR) is 91.9 cm³/mol. The summed E-state index contributed by atoms with van der Waals surface area (Å²) in [5.41, 5.74) is 1.23. The molecule has 1 aliphatic rings. The van der Waals surface area contributed by atoms with Gasteiger partial charge in [0.05, 0.1) is 12.0 Å². The number of thioether (sulfide) groups is 1. The lowest BCUT2D eigenvalue weighted by Crippen LogP contribution is -2.19. The molecule has 1 aliphatic heterocycles. The minimum Gasteiger partial charge on any atom is -0.506 e. The maximum Gasteiger partial charge on any atom is 0.264 e. The number of nitrogens with one attached hydrogen (secondary N) is 1. The van der Waals surface area contributed by atoms with E-state index < -0.39 is 0 Å². The third-order valence-electron chi connectivity index (χ3n) is 3.18. The van der Waals surface area contributed by atoms with E-state index in [1.165, 1.54) is 11.8 Å². The number of para-hydroxylation sites is 3. The number of methoxy groups -OCH3 is 1. The molecule has 0 atom stereocenters. The molecular formula is C17H14N2O3S. The number of amides is 1. The Bertz CT molecular complexity index is 815. The van der Waals surface area contributed by atoms with Crippen molar-refractivity contribution < 1.29 is 14.6 Å². The lowest BCUT2D eigenvalue weighted by Gasteiger charge is -2.03. The summed E-state index contributed by atoms with van der Waals surface area (Å²) >= 11 is 1.22. The maximum absolute atomic E-state index is 12.1. The van der Waals surface area contributed by atoms with Crippen LogP contribution in [-0.2, 0) is 4.79 Å². The van der Waals surface area contributed by atoms with Crippen molar-refractivity contribution in [2.24, 2.45) is 4.99 Å². The first-order chi connectivity index (χ1) is 11.2. The van der Waals surface area contributed by atoms with Gasteiger partial charge in [-0.25, -0.2) is 4.99 Å². The molecule has 2 aromatic carbocycles. The molecule has 0 aromatic heterocycles. The second-order valence-corrected chi connectivity index (χ2v) is 5.74. The molecular weight excluding hydrogens is 312 g/mol. The van der Waals surface area contributed by atoms with E-state index in [9.17, 15) is 9.90 Å². The Balaban J connectivity index is 1.88. The third kappa shape index (κ3) is 3.37. The molecule has 0 spiro atoms. The van der Waals surface area contributed by atoms with Crippen molar-refractivity contribution in [3.63, 3.8) is 0 Å². The fraction of sp³-hybridized carbons (Fsp3) is 0.0588. The number of hydrogen-bond acceptors (Lipinski definition) is 5. The van der Waals surface area contributed by atoms with E-state index in [-0.39, 0.29) is 11.7 Å². The number of amidine groups is 1. The van der Waals surface area contributed by atoms with E-state index in [1.807, 2.05) is 24.3 Å². The van der Waals surface area contributed by atoms with Crippen LogP contribution in [0.5, 0.6) is 11.5 Å². The average Bonchev–Trinajstić information content (AvgIpc) is 2.90. The van der Waals surface area contributed by atoms with Crippen LogP contribution in [0.2, 0.25) is 0 Å². The molecule has 116 valence electrons. The van der Waals surface area contributed by atoms with Crippen LogP contribution < -0.4 is 10.1 Å². The van der Waals surface area contributed by atoms with Crippen LogP contribution >= 0.6 is 11.8 Å². The Kier molecular flexibility index (Phi) is 4.34. The predicted octanol–water partition coefficient (Wildman–Crippen LogP) is 3.29. The highest BCUT2D eigenvalue weighted by atomic mass is 32.2. The Morgan fingerprint density at radius 3 is 2.70 bits per heavy atom. The van der Waals surface area contributed by atoms with E-state index in [4.69, 9.17) is 4.74 Å². The molecule has 0 unspecified atom stereocenters. The Labute approximate surface area is 137 Å². The van der Waals surface area contributed by atoms with Gasteiger partial charge in [-0.1, -0.05) is 30.3 Å². The Morgan fingerprint density at radius 2 is 1.91 bits per heavy atom. The summed E-state index contributed by atoms with van der Waals surface area (Å²) in [6, 6.07) is 14.2. The van der Waals surface area contributed by atoms with Gasteiger partial charge in [0.1, 0.15) is 17.2 Å². The van der Waals surface area contributed by atoms with Crippen molar-refractivity contribution in [2.45, 2.75) is 0 Å². The minimum absolute atomic E-state index is 0.0667. The van der Waals surface area contributed by atoms with E-state index in [2.05, 4.69) is 10.3 Å². The second-order valence-electron chi connectivity index (χ2n) is 4.71. The molecule has 1 saturated heterocycles. The Hall–Kier alpha value is -2.73. The molecule has 5 nitrogen and oxygen atoms in total. The van der Waals surface area contributed by atoms with Crippen LogP contribution in [0.25, 0.3) is 6.08 Å². The molecule has 1 fully saturated rings. The summed E-state index contributed by atoms with van der Waals surface area (Å²) in [5.74, 6) is 0.534. The van der Waals surface area contributed by atoms with Gasteiger partial charge in [-0.05, 0) is 36.0 Å². The summed E-state index contributed by atoms with van der Waals surface area (Å²) in [4.78, 5) is 16.9. The van der Waals surface area contributed by atoms with Gasteiger partial charge < -0.3 is 15.2 Å². The number of carbonyl (C=O) groups excluding carboxylic acids is 1. The fourth-order valence-corrected chi connectivity index (χ4v) is 2.90. The average molecular weight is 326 g/mol. The molecule has 3 rings (SSSR count). The van der Waals surface area contributed by atoms with Gasteiger partial charge in [-0.15, -0.1) is 0 Å². The number of rotatable bonds is 3. The molecule has 0 aliphatic carbocycles. The number of phenols is 1. The SMILES string of the molecule is COc1ccccc1/C=C1\SC(=Nc2ccccc2O)NC1=O. The van der Waals surface area contributed by atoms with Crippen molar-refractivity contribution in [3.05, 3.63) is 59.0 Å². The highest BCUT2D eigenvalue weighted by molar-refractivity contribution is 8.18. The third-order valence-corrected chi connectivity index (χ3v) is 4.09. The largest absolute Gasteiger partial charge is 0.506 e. The normalized spacial score (nSPS) is 17.5. The molecule has 1 heterocycles. The fourth-order valence-electron chi connectivity index (χ4n) is 2.08. The summed E-state index contributed by atoms with van der Waals surface area (Å²) in [5, 5.41) is 12.9. The van der Waals surface area contributed by atoms with Crippen LogP contribution in [0, 0.1) is 0 Å². The van der Waals surface area contributed by atoms with Crippen molar-refractivity contribution in [1.29, 1.82) is 0 Å². The van der Waals surface area contributed by atoms with Crippen molar-refractivity contribution in [2.75, 3.05) is 7.11 Å². The first-order valence-corrected chi connectivity index (χ1v) is 7.69. The number of hydrogen-bond donors (Lipinski definition) is 2. The highest BCUT2D eigenvalue weighted by Gasteiger charge is 2.24. The zero-order valence-electron chi connectivity index (χ0n) is 12.3. The summed E-state index contributed by atoms with van der Waals surface area (Å²) in [6.45, 7) is 0. The molecule has 6 heteroatoms. The van der Waals surface area contributed by atoms with Gasteiger partial charge in [-0.3, -0.25) is 4.79 Å². The van der Waals surface area contributed by atoms with Gasteiger partial charge >= 0.3 is 0 Å². The van der Waals surface area contributed by atoms with E-state index in [0.29, 0.717) is 21.5 Å². The smallest absolute Gasteiger partial charge is 0.264 e. The molecule has 23 heavy (non-hydrogen) atoms. The summed E-state index contributed by atoms with van der Waals surface area (Å²) < 4.78 is 5.28. The minimum atomic E-state index is -0.227. The number of aromatic hydroxyl groups is 1. The molecule has 0 radical (unpaired) electrons. The van der Waals surface area contributed by atoms with Gasteiger partial charge in [0, 0.05) is 5.56 Å². The number of aliphatic imine (C=N–C) groups is 1. The lowest BCUT2D eigenvalue weighted by atomic mass is 10.2. The summed E-state index contributed by atoms with van der Waals surface area (Å²) in [6.07, 6.45) is 1.76. The van der Waals surface area contributed by atoms with Crippen LogP contribution in [0.3, 0.4) is 0 Å². The van der Waals surface area contributed by atoms with E-state index >= 15 is 0 Å². The Morgan fingerprint density at radius 1 is 1.17 bits per heavy atom. The standard InChI is InChI=1S/C17H14N2O3S/c1-22-14-9-5-2-6-11(14)10-15-16(21)19-17(23-15)18-12-7-3-4-8-13(12)20/h2-10,20H,1H3,(H,18,19,21)/b15-10-. The van der Waals surface area contributed by atoms with Crippen molar-refractivity contribution >= 4 is 34.6 Å². The molecule has 0 saturated carbocycles. The van der Waals surface area contributed by atoms with Gasteiger partial charge in [0.2, 0.25) is 0 Å². The van der Waals surface area contributed by atoms with Gasteiger partial charge in [0.25, 0.3) is 5.91 Å². The summed E-state index contributed by atoms with van der Waals surface area (Å²) in [7, 11) is 1.59. The van der Waals surface area contributed by atoms with Crippen molar-refractivity contribution in [3.8, 4) is 11.5 Å². The quantitative estimate of drug-likeness (QED) is 0.849. The van der Waals surface area contributed by atoms with E-state index in [0.717, 1.165) is 5.56 Å². The van der Waals surface area contributed by atoms with Crippen molar-refractivity contribution in [1.82, 2.24) is 5.32 Å². The number of ether oxygens (including phenoxy) is 1. The molecule has 2 N–H and O–H groups in total. The maximum atomic E-state index is 12.1. The number of carbonyl (C=O) groups is 1. The van der Waals surface area contributed by atoms with Crippen LogP contribution in [0.1, 0.15) is 5.56 Å². The van der Waals surface area contributed by atoms with E-state index in [1.54, 1.807) is 37.5 Å². The second kappa shape index (κ2) is 6.58. The van der Waals surface area contributed by atoms with Crippen LogP contribution in [-0.4, -0.2) is 23.3 Å². The first-order valence-electron chi connectivity index (χ1n) is 6.88. The highest BCUT2D eigenvalue weighted by Crippen LogP contribution is 2.32. The van der Waals surface area contributed by atoms with Gasteiger partial charge in [-0.2, -0.15) is 0 Å². The number of benzene rings is 2. The zero-order chi connectivity index (χ0) is 16.2. The lowest BCUT2D eigenvalue weighted by molar-refractivity contribution is -0.115. The number of phenolic OH excluding ortho intramolecular Hbond substituents is 1. The van der Waals surface area contributed by atoms with Crippen LogP contribution in [0.4, 0.5) is 5.69 Å². The molecule has 2 aromatic rings. The number of nitrogens with zero attached hydrogens (tertiary/aromatic N) is 1. The first kappa shape index (κ1) is 15.2.